The molecule has 0 radical (unpaired) electrons. The highest BCUT2D eigenvalue weighted by Gasteiger charge is 2.22. The Morgan fingerprint density at radius 3 is 1.21 bits per heavy atom. The van der Waals surface area contributed by atoms with Crippen LogP contribution in [0.15, 0.2) is 48.6 Å². The summed E-state index contributed by atoms with van der Waals surface area (Å²) in [5.41, 5.74) is 0. The minimum absolute atomic E-state index is 0.150. The smallest absolute Gasteiger partial charge is 0.306 e. The van der Waals surface area contributed by atoms with Crippen molar-refractivity contribution < 1.29 is 42.9 Å². The average Bonchev–Trinajstić information content (AvgIpc) is 3.33. The maximum absolute atomic E-state index is 12.9. The molecule has 0 spiro atoms. The molecular weight excluding hydrogens is 875 g/mol. The quantitative estimate of drug-likeness (QED) is 0.0195. The number of unbranched alkanes of at least 4 members (excludes halogenated alkanes) is 31. The van der Waals surface area contributed by atoms with E-state index in [0.717, 1.165) is 57.8 Å². The number of quaternary nitrogens is 1. The zero-order chi connectivity index (χ0) is 51.3. The Hall–Kier alpha value is -2.75. The van der Waals surface area contributed by atoms with E-state index in [2.05, 4.69) is 62.5 Å². The van der Waals surface area contributed by atoms with E-state index in [9.17, 15) is 19.5 Å². The third-order valence-electron chi connectivity index (χ3n) is 12.8. The molecule has 0 saturated heterocycles. The first-order chi connectivity index (χ1) is 34.1. The Morgan fingerprint density at radius 2 is 0.814 bits per heavy atom. The number of rotatable bonds is 54. The molecule has 0 bridgehead atoms. The standard InChI is InChI=1S/C61H111NO8/c1-6-8-10-12-14-16-18-20-22-23-24-25-26-27-28-29-30-31-32-33-34-35-36-37-38-40-42-44-46-48-50-52-59(64)70-57(56-69-61(60(65)66)67-54-53-62(3,4)5)55-68-58(63)51-49-47-45-43-41-39-21-19-17-15-13-11-9-7-2/h8,10,14,16,20,22,24-25,57,61H,6-7,9,11-13,15,17-19,21,23,26-56H2,1-5H3/b10-8-,16-14-,22-20-,25-24-. The molecule has 0 aliphatic rings. The number of allylic oxidation sites excluding steroid dienone is 8. The van der Waals surface area contributed by atoms with Crippen molar-refractivity contribution in [3.8, 4) is 0 Å². The number of hydrogen-bond acceptors (Lipinski definition) is 8. The Balaban J connectivity index is 4.10. The molecule has 408 valence electrons. The maximum Gasteiger partial charge on any atom is 0.306 e. The number of likely N-dealkylation sites (N-methyl/N-ethyl adjacent to an activating group) is 1. The van der Waals surface area contributed by atoms with Gasteiger partial charge in [0.1, 0.15) is 13.2 Å². The SMILES string of the molecule is CC/C=C\C/C=C\C/C=C\C/C=C\CCCCCCCCCCCCCCCCCCCCC(=O)OC(COC(=O)CCCCCCCCCCCCCCCC)COC(OCC[N+](C)(C)C)C(=O)[O-]. The zero-order valence-corrected chi connectivity index (χ0v) is 46.4. The number of carbonyl (C=O) groups excluding carboxylic acids is 3. The first kappa shape index (κ1) is 67.2. The minimum Gasteiger partial charge on any atom is -0.545 e. The van der Waals surface area contributed by atoms with E-state index in [1.807, 2.05) is 21.1 Å². The number of carboxylic acids is 1. The molecule has 0 N–H and O–H groups in total. The van der Waals surface area contributed by atoms with Crippen LogP contribution < -0.4 is 5.11 Å². The van der Waals surface area contributed by atoms with Crippen LogP contribution in [0.5, 0.6) is 0 Å². The Labute approximate surface area is 432 Å². The summed E-state index contributed by atoms with van der Waals surface area (Å²) in [6.07, 6.45) is 61.7. The van der Waals surface area contributed by atoms with E-state index in [-0.39, 0.29) is 32.2 Å². The van der Waals surface area contributed by atoms with Crippen molar-refractivity contribution in [2.75, 3.05) is 47.5 Å². The van der Waals surface area contributed by atoms with Gasteiger partial charge in [0.2, 0.25) is 0 Å². The number of carboxylic acid groups (broad SMARTS) is 1. The van der Waals surface area contributed by atoms with Crippen molar-refractivity contribution in [2.45, 2.75) is 277 Å². The molecule has 9 heteroatoms. The molecule has 0 aliphatic carbocycles. The van der Waals surface area contributed by atoms with Gasteiger partial charge >= 0.3 is 11.9 Å². The van der Waals surface area contributed by atoms with Gasteiger partial charge in [-0.1, -0.05) is 249 Å². The predicted octanol–water partition coefficient (Wildman–Crippen LogP) is 15.7. The summed E-state index contributed by atoms with van der Waals surface area (Å²) >= 11 is 0. The summed E-state index contributed by atoms with van der Waals surface area (Å²) in [5, 5.41) is 11.8. The van der Waals surface area contributed by atoms with Gasteiger partial charge in [-0.05, 0) is 51.4 Å². The number of aliphatic carboxylic acids is 1. The molecule has 0 aromatic carbocycles. The molecule has 0 aromatic heterocycles. The zero-order valence-electron chi connectivity index (χ0n) is 46.4. The van der Waals surface area contributed by atoms with Gasteiger partial charge in [-0.15, -0.1) is 0 Å². The average molecular weight is 987 g/mol. The van der Waals surface area contributed by atoms with Gasteiger partial charge < -0.3 is 33.3 Å². The first-order valence-corrected chi connectivity index (χ1v) is 29.3. The minimum atomic E-state index is -1.62. The molecule has 2 unspecified atom stereocenters. The molecule has 0 saturated carbocycles. The second-order valence-electron chi connectivity index (χ2n) is 20.9. The second-order valence-corrected chi connectivity index (χ2v) is 20.9. The first-order valence-electron chi connectivity index (χ1n) is 29.3. The fourth-order valence-corrected chi connectivity index (χ4v) is 8.35. The van der Waals surface area contributed by atoms with Crippen molar-refractivity contribution in [3.05, 3.63) is 48.6 Å². The summed E-state index contributed by atoms with van der Waals surface area (Å²) in [7, 11) is 5.93. The van der Waals surface area contributed by atoms with Gasteiger partial charge in [0, 0.05) is 12.8 Å². The Kier molecular flexibility index (Phi) is 50.5. The lowest BCUT2D eigenvalue weighted by atomic mass is 10.0. The number of ether oxygens (including phenoxy) is 4. The molecule has 70 heavy (non-hydrogen) atoms. The van der Waals surface area contributed by atoms with Crippen LogP contribution in [-0.2, 0) is 33.3 Å². The summed E-state index contributed by atoms with van der Waals surface area (Å²) in [5.74, 6) is -2.27. The molecule has 2 atom stereocenters. The molecule has 0 rings (SSSR count). The van der Waals surface area contributed by atoms with Crippen LogP contribution in [0.1, 0.15) is 264 Å². The van der Waals surface area contributed by atoms with Gasteiger partial charge in [-0.3, -0.25) is 9.59 Å². The fourth-order valence-electron chi connectivity index (χ4n) is 8.35. The van der Waals surface area contributed by atoms with E-state index >= 15 is 0 Å². The highest BCUT2D eigenvalue weighted by atomic mass is 16.7. The van der Waals surface area contributed by atoms with Gasteiger partial charge in [-0.2, -0.15) is 0 Å². The van der Waals surface area contributed by atoms with E-state index in [0.29, 0.717) is 23.9 Å². The van der Waals surface area contributed by atoms with Crippen molar-refractivity contribution in [1.29, 1.82) is 0 Å². The summed E-state index contributed by atoms with van der Waals surface area (Å²) < 4.78 is 22.7. The predicted molar refractivity (Wildman–Crippen MR) is 292 cm³/mol. The van der Waals surface area contributed by atoms with Crippen LogP contribution in [-0.4, -0.2) is 82.3 Å². The van der Waals surface area contributed by atoms with Crippen molar-refractivity contribution in [3.63, 3.8) is 0 Å². The normalized spacial score (nSPS) is 13.1. The van der Waals surface area contributed by atoms with Crippen molar-refractivity contribution in [1.82, 2.24) is 0 Å². The highest BCUT2D eigenvalue weighted by Crippen LogP contribution is 2.17. The third-order valence-corrected chi connectivity index (χ3v) is 12.8. The highest BCUT2D eigenvalue weighted by molar-refractivity contribution is 5.70. The Morgan fingerprint density at radius 1 is 0.443 bits per heavy atom. The van der Waals surface area contributed by atoms with Gasteiger partial charge in [0.15, 0.2) is 12.4 Å². The lowest BCUT2D eigenvalue weighted by Crippen LogP contribution is -2.44. The summed E-state index contributed by atoms with van der Waals surface area (Å²) in [4.78, 5) is 37.2. The topological polar surface area (TPSA) is 111 Å². The lowest BCUT2D eigenvalue weighted by Gasteiger charge is -2.26. The van der Waals surface area contributed by atoms with E-state index in [4.69, 9.17) is 18.9 Å². The van der Waals surface area contributed by atoms with Crippen molar-refractivity contribution in [2.24, 2.45) is 0 Å². The molecule has 0 heterocycles. The number of hydrogen-bond donors (Lipinski definition) is 0. The summed E-state index contributed by atoms with van der Waals surface area (Å²) in [6.45, 7) is 4.67. The lowest BCUT2D eigenvalue weighted by molar-refractivity contribution is -0.870. The summed E-state index contributed by atoms with van der Waals surface area (Å²) in [6, 6.07) is 0. The molecule has 0 aromatic rings. The van der Waals surface area contributed by atoms with Crippen LogP contribution in [0.2, 0.25) is 0 Å². The molecule has 0 fully saturated rings. The van der Waals surface area contributed by atoms with Crippen LogP contribution in [0.3, 0.4) is 0 Å². The number of carbonyl (C=O) groups is 3. The van der Waals surface area contributed by atoms with Gasteiger partial charge in [0.05, 0.1) is 40.3 Å². The van der Waals surface area contributed by atoms with Crippen LogP contribution in [0.4, 0.5) is 0 Å². The van der Waals surface area contributed by atoms with E-state index in [1.54, 1.807) is 0 Å². The van der Waals surface area contributed by atoms with E-state index in [1.165, 1.54) is 173 Å². The molecule has 0 aliphatic heterocycles. The molecular formula is C61H111NO8. The maximum atomic E-state index is 12.9. The largest absolute Gasteiger partial charge is 0.545 e. The monoisotopic (exact) mass is 986 g/mol. The van der Waals surface area contributed by atoms with Gasteiger partial charge in [0.25, 0.3) is 0 Å². The van der Waals surface area contributed by atoms with Crippen LogP contribution in [0, 0.1) is 0 Å². The van der Waals surface area contributed by atoms with Crippen LogP contribution in [0.25, 0.3) is 0 Å². The molecule has 9 nitrogen and oxygen atoms in total. The second kappa shape index (κ2) is 52.6. The number of esters is 2. The fraction of sp³-hybridized carbons (Fsp3) is 0.820. The molecule has 0 amide bonds. The van der Waals surface area contributed by atoms with Crippen molar-refractivity contribution >= 4 is 17.9 Å². The third kappa shape index (κ3) is 53.1. The van der Waals surface area contributed by atoms with Gasteiger partial charge in [-0.25, -0.2) is 0 Å². The van der Waals surface area contributed by atoms with Crippen LogP contribution >= 0.6 is 0 Å². The Bertz CT molecular complexity index is 1290. The number of nitrogens with zero attached hydrogens (tertiary/aromatic N) is 1. The van der Waals surface area contributed by atoms with E-state index < -0.39 is 24.3 Å².